The zero-order chi connectivity index (χ0) is 9.88. The second kappa shape index (κ2) is 2.78. The molecule has 4 aliphatic carbocycles. The average Bonchev–Trinajstić information content (AvgIpc) is 2.95. The summed E-state index contributed by atoms with van der Waals surface area (Å²) in [5.41, 5.74) is 4.37. The van der Waals surface area contributed by atoms with Crippen LogP contribution in [0.2, 0.25) is 0 Å². The minimum absolute atomic E-state index is 0.783. The molecule has 0 heterocycles. The first-order valence-corrected chi connectivity index (χ1v) is 6.80. The minimum atomic E-state index is 0.783. The van der Waals surface area contributed by atoms with E-state index in [1.165, 1.54) is 32.1 Å². The van der Waals surface area contributed by atoms with E-state index in [0.29, 0.717) is 0 Å². The van der Waals surface area contributed by atoms with Crippen LogP contribution in [0.1, 0.15) is 51.4 Å². The van der Waals surface area contributed by atoms with Crippen molar-refractivity contribution in [2.24, 2.45) is 17.3 Å². The molecule has 3 saturated carbocycles. The molecule has 3 fully saturated rings. The van der Waals surface area contributed by atoms with E-state index in [4.69, 9.17) is 0 Å². The van der Waals surface area contributed by atoms with E-state index in [9.17, 15) is 0 Å². The van der Waals surface area contributed by atoms with Gasteiger partial charge >= 0.3 is 0 Å². The Balaban J connectivity index is 1.77. The molecule has 4 aliphatic rings. The molecule has 0 N–H and O–H groups in total. The lowest BCUT2D eigenvalue weighted by atomic mass is 9.67. The molecule has 0 aromatic carbocycles. The Bertz CT molecular complexity index is 352. The van der Waals surface area contributed by atoms with Crippen molar-refractivity contribution in [1.82, 2.24) is 0 Å². The van der Waals surface area contributed by atoms with Crippen molar-refractivity contribution in [3.05, 3.63) is 23.3 Å². The monoisotopic (exact) mass is 200 g/mol. The Morgan fingerprint density at radius 2 is 1.73 bits per heavy atom. The summed E-state index contributed by atoms with van der Waals surface area (Å²) >= 11 is 0. The molecule has 2 unspecified atom stereocenters. The highest BCUT2D eigenvalue weighted by molar-refractivity contribution is 5.46. The van der Waals surface area contributed by atoms with Gasteiger partial charge in [-0.15, -0.1) is 0 Å². The second-order valence-electron chi connectivity index (χ2n) is 6.16. The minimum Gasteiger partial charge on any atom is -0.0805 e. The number of hydrogen-bond acceptors (Lipinski definition) is 0. The quantitative estimate of drug-likeness (QED) is 0.549. The van der Waals surface area contributed by atoms with Crippen molar-refractivity contribution < 1.29 is 0 Å². The van der Waals surface area contributed by atoms with Gasteiger partial charge in [0.2, 0.25) is 0 Å². The van der Waals surface area contributed by atoms with Crippen molar-refractivity contribution in [1.29, 1.82) is 0 Å². The fourth-order valence-corrected chi connectivity index (χ4v) is 5.04. The van der Waals surface area contributed by atoms with E-state index < -0.39 is 0 Å². The predicted octanol–water partition coefficient (Wildman–Crippen LogP) is 4.23. The van der Waals surface area contributed by atoms with Crippen LogP contribution in [0.4, 0.5) is 0 Å². The van der Waals surface area contributed by atoms with Crippen LogP contribution in [-0.4, -0.2) is 0 Å². The summed E-state index contributed by atoms with van der Waals surface area (Å²) < 4.78 is 0. The third kappa shape index (κ3) is 0.984. The van der Waals surface area contributed by atoms with Crippen LogP contribution >= 0.6 is 0 Å². The van der Waals surface area contributed by atoms with Gasteiger partial charge in [-0.25, -0.2) is 0 Å². The Morgan fingerprint density at radius 3 is 2.53 bits per heavy atom. The fourth-order valence-electron chi connectivity index (χ4n) is 5.04. The van der Waals surface area contributed by atoms with Crippen molar-refractivity contribution >= 4 is 0 Å². The molecular formula is C15H20. The predicted molar refractivity (Wildman–Crippen MR) is 62.5 cm³/mol. The molecule has 15 heavy (non-hydrogen) atoms. The largest absolute Gasteiger partial charge is 0.0805 e. The molecule has 0 aliphatic heterocycles. The molecule has 0 radical (unpaired) electrons. The van der Waals surface area contributed by atoms with Crippen LogP contribution < -0.4 is 0 Å². The second-order valence-corrected chi connectivity index (χ2v) is 6.16. The van der Waals surface area contributed by atoms with Crippen LogP contribution in [-0.2, 0) is 0 Å². The van der Waals surface area contributed by atoms with E-state index in [-0.39, 0.29) is 0 Å². The van der Waals surface area contributed by atoms with Crippen molar-refractivity contribution in [2.45, 2.75) is 51.4 Å². The van der Waals surface area contributed by atoms with Crippen LogP contribution in [0.3, 0.4) is 0 Å². The van der Waals surface area contributed by atoms with Gasteiger partial charge < -0.3 is 0 Å². The molecule has 2 atom stereocenters. The van der Waals surface area contributed by atoms with E-state index in [1.54, 1.807) is 30.4 Å². The van der Waals surface area contributed by atoms with Gasteiger partial charge in [0.05, 0.1) is 0 Å². The standard InChI is InChI=1S/C15H20/c1-2-6-13-12(5-1)11-9-14(13)15(10-11)7-3-4-8-15/h5-6,11,14H,1-4,7-10H2. The normalized spacial score (nSPS) is 40.5. The first-order chi connectivity index (χ1) is 7.39. The van der Waals surface area contributed by atoms with Gasteiger partial charge in [0, 0.05) is 0 Å². The molecule has 0 nitrogen and oxygen atoms in total. The topological polar surface area (TPSA) is 0 Å². The number of rotatable bonds is 0. The Morgan fingerprint density at radius 1 is 1.00 bits per heavy atom. The molecule has 1 spiro atoms. The average molecular weight is 200 g/mol. The smallest absolute Gasteiger partial charge is 0.00997 e. The molecule has 0 saturated heterocycles. The van der Waals surface area contributed by atoms with Gasteiger partial charge in [0.1, 0.15) is 0 Å². The van der Waals surface area contributed by atoms with Crippen molar-refractivity contribution in [3.8, 4) is 0 Å². The Kier molecular flexibility index (Phi) is 1.60. The van der Waals surface area contributed by atoms with Crippen molar-refractivity contribution in [3.63, 3.8) is 0 Å². The lowest BCUT2D eigenvalue weighted by Crippen LogP contribution is -2.27. The maximum absolute atomic E-state index is 2.58. The highest BCUT2D eigenvalue weighted by Crippen LogP contribution is 2.66. The van der Waals surface area contributed by atoms with E-state index in [1.807, 2.05) is 0 Å². The summed E-state index contributed by atoms with van der Waals surface area (Å²) in [7, 11) is 0. The Labute approximate surface area is 92.4 Å². The molecule has 0 aromatic heterocycles. The van der Waals surface area contributed by atoms with E-state index in [0.717, 1.165) is 17.3 Å². The molecular weight excluding hydrogens is 180 g/mol. The lowest BCUT2D eigenvalue weighted by Gasteiger charge is -2.37. The lowest BCUT2D eigenvalue weighted by molar-refractivity contribution is 0.225. The van der Waals surface area contributed by atoms with Crippen LogP contribution in [0, 0.1) is 17.3 Å². The third-order valence-electron chi connectivity index (χ3n) is 5.56. The molecule has 80 valence electrons. The molecule has 0 amide bonds. The summed E-state index contributed by atoms with van der Waals surface area (Å²) in [6.45, 7) is 0. The van der Waals surface area contributed by atoms with Crippen molar-refractivity contribution in [2.75, 3.05) is 0 Å². The summed E-state index contributed by atoms with van der Waals surface area (Å²) in [5.74, 6) is 1.95. The van der Waals surface area contributed by atoms with Gasteiger partial charge in [-0.3, -0.25) is 0 Å². The molecule has 0 heteroatoms. The fraction of sp³-hybridized carbons (Fsp3) is 0.733. The van der Waals surface area contributed by atoms with Crippen LogP contribution in [0.25, 0.3) is 0 Å². The zero-order valence-electron chi connectivity index (χ0n) is 9.47. The van der Waals surface area contributed by atoms with Gasteiger partial charge in [0.15, 0.2) is 0 Å². The maximum atomic E-state index is 2.58. The highest BCUT2D eigenvalue weighted by Gasteiger charge is 2.55. The van der Waals surface area contributed by atoms with Gasteiger partial charge in [-0.2, -0.15) is 0 Å². The van der Waals surface area contributed by atoms with Gasteiger partial charge in [-0.05, 0) is 66.9 Å². The van der Waals surface area contributed by atoms with E-state index in [2.05, 4.69) is 12.2 Å². The summed E-state index contributed by atoms with van der Waals surface area (Å²) in [4.78, 5) is 0. The number of fused-ring (bicyclic) bond motifs is 6. The first-order valence-electron chi connectivity index (χ1n) is 6.80. The summed E-state index contributed by atoms with van der Waals surface area (Å²) in [5, 5.41) is 0. The molecule has 2 bridgehead atoms. The number of allylic oxidation sites excluding steroid dienone is 4. The first kappa shape index (κ1) is 8.61. The summed E-state index contributed by atoms with van der Waals surface area (Å²) in [6, 6.07) is 0. The molecule has 4 rings (SSSR count). The van der Waals surface area contributed by atoms with Crippen LogP contribution in [0.5, 0.6) is 0 Å². The SMILES string of the molecule is C1=C2C(=CCC1)C1CC2CC12CCCC2. The molecule has 0 aromatic rings. The van der Waals surface area contributed by atoms with E-state index >= 15 is 0 Å². The van der Waals surface area contributed by atoms with Gasteiger partial charge in [-0.1, -0.05) is 25.0 Å². The summed E-state index contributed by atoms with van der Waals surface area (Å²) in [6.07, 6.45) is 16.9. The van der Waals surface area contributed by atoms with Crippen LogP contribution in [0.15, 0.2) is 23.3 Å². The Hall–Kier alpha value is -0.520. The maximum Gasteiger partial charge on any atom is -0.00997 e. The highest BCUT2D eigenvalue weighted by atomic mass is 14.6. The third-order valence-corrected chi connectivity index (χ3v) is 5.56. The van der Waals surface area contributed by atoms with Gasteiger partial charge in [0.25, 0.3) is 0 Å². The zero-order valence-corrected chi connectivity index (χ0v) is 9.47. The number of hydrogen-bond donors (Lipinski definition) is 0.